The third-order valence-electron chi connectivity index (χ3n) is 8.74. The van der Waals surface area contributed by atoms with Gasteiger partial charge >= 0.3 is 0 Å². The number of aryl methyl sites for hydroxylation is 1. The van der Waals surface area contributed by atoms with Crippen LogP contribution >= 0.6 is 0 Å². The van der Waals surface area contributed by atoms with Crippen molar-refractivity contribution in [1.82, 2.24) is 18.5 Å². The Morgan fingerprint density at radius 3 is 2.29 bits per heavy atom. The van der Waals surface area contributed by atoms with Crippen LogP contribution in [0.2, 0.25) is 0 Å². The average molecular weight is 541 g/mol. The summed E-state index contributed by atoms with van der Waals surface area (Å²) in [5.74, 6) is 0.974. The van der Waals surface area contributed by atoms with Crippen molar-refractivity contribution in [3.8, 4) is 22.5 Å². The fraction of sp³-hybridized carbons (Fsp3) is 0.0789. The second kappa shape index (κ2) is 8.82. The van der Waals surface area contributed by atoms with Crippen molar-refractivity contribution in [2.24, 2.45) is 0 Å². The number of fused-ring (bicyclic) bond motifs is 8. The van der Waals surface area contributed by atoms with Crippen molar-refractivity contribution in [3.63, 3.8) is 0 Å². The molecular weight excluding hydrogens is 512 g/mol. The third-order valence-corrected chi connectivity index (χ3v) is 8.74. The predicted octanol–water partition coefficient (Wildman–Crippen LogP) is 9.31. The molecule has 0 fully saturated rings. The van der Waals surface area contributed by atoms with Crippen LogP contribution in [-0.4, -0.2) is 18.5 Å². The molecule has 8 aromatic rings. The van der Waals surface area contributed by atoms with E-state index < -0.39 is 0 Å². The van der Waals surface area contributed by atoms with Crippen LogP contribution in [0.1, 0.15) is 23.4 Å². The molecule has 0 saturated carbocycles. The van der Waals surface area contributed by atoms with E-state index in [1.54, 1.807) is 0 Å². The zero-order chi connectivity index (χ0) is 27.8. The minimum Gasteiger partial charge on any atom is -0.309 e. The molecular formula is C38H28N4. The quantitative estimate of drug-likeness (QED) is 0.219. The van der Waals surface area contributed by atoms with E-state index in [2.05, 4.69) is 148 Å². The monoisotopic (exact) mass is 540 g/mol. The number of hydrogen-bond donors (Lipinski definition) is 0. The van der Waals surface area contributed by atoms with E-state index in [4.69, 9.17) is 4.98 Å². The largest absolute Gasteiger partial charge is 0.309 e. The highest BCUT2D eigenvalue weighted by atomic mass is 15.2. The number of aromatic nitrogens is 4. The maximum atomic E-state index is 5.12. The van der Waals surface area contributed by atoms with E-state index in [0.717, 1.165) is 35.3 Å². The highest BCUT2D eigenvalue weighted by Crippen LogP contribution is 2.37. The van der Waals surface area contributed by atoms with Crippen LogP contribution in [0.3, 0.4) is 0 Å². The van der Waals surface area contributed by atoms with E-state index in [-0.39, 0.29) is 0 Å². The molecule has 1 aliphatic rings. The van der Waals surface area contributed by atoms with E-state index in [1.165, 1.54) is 55.6 Å². The summed E-state index contributed by atoms with van der Waals surface area (Å²) in [5, 5.41) is 2.49. The van der Waals surface area contributed by atoms with Crippen molar-refractivity contribution >= 4 is 44.7 Å². The molecule has 0 unspecified atom stereocenters. The van der Waals surface area contributed by atoms with Gasteiger partial charge in [-0.15, -0.1) is 0 Å². The molecule has 4 nitrogen and oxygen atoms in total. The Labute approximate surface area is 243 Å². The standard InChI is InChI=1S/C38H28N4/c1-25-10-8-11-26(22-25)27-12-9-13-28(23-27)40-33-16-4-2-14-30(33)31-24-29(20-21-34(31)40)41-36-18-6-7-19-37(36)42-35-17-5-3-15-32(35)39-38(41)42/h2-5,7-17,19-24H,6,18H2,1H3. The number of rotatable bonds is 3. The zero-order valence-corrected chi connectivity index (χ0v) is 23.3. The molecule has 5 aromatic carbocycles. The molecule has 0 radical (unpaired) electrons. The van der Waals surface area contributed by atoms with Crippen LogP contribution in [0, 0.1) is 6.92 Å². The van der Waals surface area contributed by atoms with Gasteiger partial charge in [0, 0.05) is 22.1 Å². The summed E-state index contributed by atoms with van der Waals surface area (Å²) in [6, 6.07) is 41.7. The summed E-state index contributed by atoms with van der Waals surface area (Å²) in [6.45, 7) is 2.15. The molecule has 0 aliphatic heterocycles. The Morgan fingerprint density at radius 2 is 1.38 bits per heavy atom. The molecule has 42 heavy (non-hydrogen) atoms. The fourth-order valence-electron chi connectivity index (χ4n) is 6.89. The molecule has 0 saturated heterocycles. The van der Waals surface area contributed by atoms with Crippen molar-refractivity contribution in [2.45, 2.75) is 19.8 Å². The third kappa shape index (κ3) is 3.32. The molecule has 3 aromatic heterocycles. The van der Waals surface area contributed by atoms with Crippen molar-refractivity contribution in [2.75, 3.05) is 0 Å². The Hall–Kier alpha value is -5.35. The van der Waals surface area contributed by atoms with Gasteiger partial charge in [-0.05, 0) is 85.5 Å². The number of benzene rings is 5. The summed E-state index contributed by atoms with van der Waals surface area (Å²) in [6.07, 6.45) is 6.58. The predicted molar refractivity (Wildman–Crippen MR) is 174 cm³/mol. The normalized spacial score (nSPS) is 13.1. The van der Waals surface area contributed by atoms with Gasteiger partial charge in [-0.3, -0.25) is 8.97 Å². The summed E-state index contributed by atoms with van der Waals surface area (Å²) in [4.78, 5) is 5.12. The maximum absolute atomic E-state index is 5.12. The molecule has 1 aliphatic carbocycles. The first-order chi connectivity index (χ1) is 20.7. The minimum absolute atomic E-state index is 0.974. The van der Waals surface area contributed by atoms with Crippen LogP contribution < -0.4 is 0 Å². The van der Waals surface area contributed by atoms with Gasteiger partial charge in [-0.1, -0.05) is 78.4 Å². The first-order valence-corrected chi connectivity index (χ1v) is 14.6. The number of nitrogens with zero attached hydrogens (tertiary/aromatic N) is 4. The van der Waals surface area contributed by atoms with Gasteiger partial charge in [0.25, 0.3) is 0 Å². The van der Waals surface area contributed by atoms with Crippen LogP contribution in [0.25, 0.3) is 67.2 Å². The van der Waals surface area contributed by atoms with E-state index in [9.17, 15) is 0 Å². The zero-order valence-electron chi connectivity index (χ0n) is 23.3. The topological polar surface area (TPSA) is 27.2 Å². The van der Waals surface area contributed by atoms with Gasteiger partial charge in [0.05, 0.1) is 33.5 Å². The molecule has 9 rings (SSSR count). The molecule has 4 heteroatoms. The van der Waals surface area contributed by atoms with Crippen molar-refractivity contribution in [3.05, 3.63) is 138 Å². The van der Waals surface area contributed by atoms with E-state index >= 15 is 0 Å². The van der Waals surface area contributed by atoms with Gasteiger partial charge in [0.2, 0.25) is 5.78 Å². The molecule has 0 N–H and O–H groups in total. The lowest BCUT2D eigenvalue weighted by atomic mass is 10.0. The Morgan fingerprint density at radius 1 is 0.619 bits per heavy atom. The summed E-state index contributed by atoms with van der Waals surface area (Å²) in [7, 11) is 0. The SMILES string of the molecule is Cc1cccc(-c2cccc(-n3c4ccccc4c4cc(-n5c6c(n7c8ccccc8nc57)C=CCC6)ccc43)c2)c1. The van der Waals surface area contributed by atoms with Gasteiger partial charge < -0.3 is 4.57 Å². The second-order valence-corrected chi connectivity index (χ2v) is 11.3. The summed E-state index contributed by atoms with van der Waals surface area (Å²) >= 11 is 0. The minimum atomic E-state index is 0.974. The average Bonchev–Trinajstić information content (AvgIpc) is 3.68. The first kappa shape index (κ1) is 23.4. The lowest BCUT2D eigenvalue weighted by Gasteiger charge is -2.13. The fourth-order valence-corrected chi connectivity index (χ4v) is 6.89. The number of allylic oxidation sites excluding steroid dienone is 1. The molecule has 0 atom stereocenters. The lowest BCUT2D eigenvalue weighted by Crippen LogP contribution is -2.03. The van der Waals surface area contributed by atoms with Crippen molar-refractivity contribution < 1.29 is 0 Å². The first-order valence-electron chi connectivity index (χ1n) is 14.6. The Balaban J connectivity index is 1.29. The Bertz CT molecular complexity index is 2380. The lowest BCUT2D eigenvalue weighted by molar-refractivity contribution is 0.883. The van der Waals surface area contributed by atoms with Gasteiger partial charge in [0.15, 0.2) is 0 Å². The molecule has 0 amide bonds. The number of para-hydroxylation sites is 3. The molecule has 0 spiro atoms. The van der Waals surface area contributed by atoms with Gasteiger partial charge in [-0.2, -0.15) is 0 Å². The van der Waals surface area contributed by atoms with E-state index in [0.29, 0.717) is 0 Å². The molecule has 3 heterocycles. The smallest absolute Gasteiger partial charge is 0.220 e. The van der Waals surface area contributed by atoms with Gasteiger partial charge in [-0.25, -0.2) is 4.98 Å². The van der Waals surface area contributed by atoms with Crippen LogP contribution in [-0.2, 0) is 6.42 Å². The highest BCUT2D eigenvalue weighted by Gasteiger charge is 2.23. The number of imidazole rings is 2. The maximum Gasteiger partial charge on any atom is 0.220 e. The number of hydrogen-bond acceptors (Lipinski definition) is 1. The Kier molecular flexibility index (Phi) is 4.91. The highest BCUT2D eigenvalue weighted by molar-refractivity contribution is 6.10. The van der Waals surface area contributed by atoms with Crippen molar-refractivity contribution in [1.29, 1.82) is 0 Å². The van der Waals surface area contributed by atoms with Crippen LogP contribution in [0.5, 0.6) is 0 Å². The van der Waals surface area contributed by atoms with E-state index in [1.807, 2.05) is 0 Å². The molecule has 0 bridgehead atoms. The second-order valence-electron chi connectivity index (χ2n) is 11.3. The van der Waals surface area contributed by atoms with Crippen LogP contribution in [0.4, 0.5) is 0 Å². The van der Waals surface area contributed by atoms with Crippen LogP contribution in [0.15, 0.2) is 121 Å². The van der Waals surface area contributed by atoms with Gasteiger partial charge in [0.1, 0.15) is 0 Å². The summed E-state index contributed by atoms with van der Waals surface area (Å²) < 4.78 is 7.11. The molecule has 200 valence electrons. The summed E-state index contributed by atoms with van der Waals surface area (Å²) in [5.41, 5.74) is 13.2.